The van der Waals surface area contributed by atoms with Gasteiger partial charge in [-0.15, -0.1) is 0 Å². The molecule has 0 amide bonds. The van der Waals surface area contributed by atoms with Crippen molar-refractivity contribution in [1.82, 2.24) is 9.97 Å². The van der Waals surface area contributed by atoms with Gasteiger partial charge < -0.3 is 10.0 Å². The van der Waals surface area contributed by atoms with Crippen molar-refractivity contribution in [1.29, 1.82) is 0 Å². The Balaban J connectivity index is 2.77. The third-order valence-corrected chi connectivity index (χ3v) is 2.16. The van der Waals surface area contributed by atoms with Gasteiger partial charge in [-0.2, -0.15) is 13.2 Å². The van der Waals surface area contributed by atoms with Gasteiger partial charge in [-0.25, -0.2) is 9.97 Å². The van der Waals surface area contributed by atoms with E-state index < -0.39 is 18.0 Å². The lowest BCUT2D eigenvalue weighted by Gasteiger charge is -2.18. The van der Waals surface area contributed by atoms with Crippen LogP contribution < -0.4 is 4.90 Å². The first kappa shape index (κ1) is 13.7. The molecule has 0 radical (unpaired) electrons. The highest BCUT2D eigenvalue weighted by Crippen LogP contribution is 2.27. The van der Waals surface area contributed by atoms with Gasteiger partial charge in [0.25, 0.3) is 0 Å². The van der Waals surface area contributed by atoms with Crippen LogP contribution in [0.2, 0.25) is 0 Å². The van der Waals surface area contributed by atoms with Crippen molar-refractivity contribution in [2.24, 2.45) is 0 Å². The molecule has 96 valence electrons. The monoisotopic (exact) mass is 249 g/mol. The number of hydrogen-bond donors (Lipinski definition) is 1. The van der Waals surface area contributed by atoms with Crippen LogP contribution in [0, 0.1) is 0 Å². The van der Waals surface area contributed by atoms with Gasteiger partial charge in [-0.05, 0) is 19.4 Å². The normalized spacial score (nSPS) is 13.5. The van der Waals surface area contributed by atoms with Gasteiger partial charge in [0.05, 0.1) is 6.10 Å². The summed E-state index contributed by atoms with van der Waals surface area (Å²) in [4.78, 5) is 8.67. The van der Waals surface area contributed by atoms with E-state index in [4.69, 9.17) is 5.11 Å². The minimum absolute atomic E-state index is 0.000440. The molecule has 0 aliphatic rings. The molecule has 0 aromatic carbocycles. The van der Waals surface area contributed by atoms with Crippen LogP contribution in [0.3, 0.4) is 0 Å². The number of hydrogen-bond acceptors (Lipinski definition) is 4. The van der Waals surface area contributed by atoms with Crippen LogP contribution in [0.4, 0.5) is 19.1 Å². The predicted octanol–water partition coefficient (Wildman–Crippen LogP) is 1.70. The lowest BCUT2D eigenvalue weighted by atomic mass is 10.3. The number of aliphatic hydroxyl groups is 1. The second-order valence-corrected chi connectivity index (χ2v) is 3.80. The van der Waals surface area contributed by atoms with Crippen molar-refractivity contribution in [3.8, 4) is 0 Å². The highest BCUT2D eigenvalue weighted by atomic mass is 19.4. The summed E-state index contributed by atoms with van der Waals surface area (Å²) in [7, 11) is 1.58. The molecule has 17 heavy (non-hydrogen) atoms. The van der Waals surface area contributed by atoms with Crippen molar-refractivity contribution in [3.05, 3.63) is 18.0 Å². The molecular formula is C10H14F3N3O. The van der Waals surface area contributed by atoms with E-state index in [1.807, 2.05) is 0 Å². The summed E-state index contributed by atoms with van der Waals surface area (Å²) >= 11 is 0. The molecule has 1 N–H and O–H groups in total. The lowest BCUT2D eigenvalue weighted by molar-refractivity contribution is -0.141. The van der Waals surface area contributed by atoms with Gasteiger partial charge >= 0.3 is 6.18 Å². The number of anilines is 1. The van der Waals surface area contributed by atoms with Crippen LogP contribution >= 0.6 is 0 Å². The second-order valence-electron chi connectivity index (χ2n) is 3.80. The molecule has 1 aromatic rings. The Morgan fingerprint density at radius 1 is 1.47 bits per heavy atom. The summed E-state index contributed by atoms with van der Waals surface area (Å²) in [5.41, 5.74) is -0.966. The highest BCUT2D eigenvalue weighted by Gasteiger charge is 2.33. The number of nitrogens with zero attached hydrogens (tertiary/aromatic N) is 3. The molecule has 0 aliphatic carbocycles. The smallest absolute Gasteiger partial charge is 0.393 e. The standard InChI is InChI=1S/C10H14F3N3O/c1-7(17)4-6-16(2)9-14-5-3-8(15-9)10(11,12)13/h3,5,7,17H,4,6H2,1-2H3. The van der Waals surface area contributed by atoms with E-state index in [2.05, 4.69) is 9.97 Å². The fourth-order valence-corrected chi connectivity index (χ4v) is 1.17. The number of rotatable bonds is 4. The van der Waals surface area contributed by atoms with E-state index in [0.717, 1.165) is 12.3 Å². The Bertz CT molecular complexity index is 368. The first-order valence-corrected chi connectivity index (χ1v) is 5.10. The van der Waals surface area contributed by atoms with E-state index in [9.17, 15) is 13.2 Å². The number of halogens is 3. The van der Waals surface area contributed by atoms with Gasteiger partial charge in [-0.3, -0.25) is 0 Å². The molecule has 0 saturated heterocycles. The fourth-order valence-electron chi connectivity index (χ4n) is 1.17. The lowest BCUT2D eigenvalue weighted by Crippen LogP contribution is -2.24. The van der Waals surface area contributed by atoms with Crippen LogP contribution in [0.5, 0.6) is 0 Å². The van der Waals surface area contributed by atoms with Gasteiger partial charge in [0.2, 0.25) is 5.95 Å². The van der Waals surface area contributed by atoms with Crippen molar-refractivity contribution < 1.29 is 18.3 Å². The zero-order valence-corrected chi connectivity index (χ0v) is 9.57. The van der Waals surface area contributed by atoms with Crippen molar-refractivity contribution in [2.45, 2.75) is 25.6 Å². The van der Waals surface area contributed by atoms with E-state index in [0.29, 0.717) is 13.0 Å². The van der Waals surface area contributed by atoms with Crippen molar-refractivity contribution in [3.63, 3.8) is 0 Å². The molecular weight excluding hydrogens is 235 g/mol. The molecule has 0 spiro atoms. The minimum atomic E-state index is -4.47. The molecule has 0 bridgehead atoms. The molecule has 0 fully saturated rings. The summed E-state index contributed by atoms with van der Waals surface area (Å²) in [6, 6.07) is 0.825. The van der Waals surface area contributed by atoms with Gasteiger partial charge in [0.1, 0.15) is 5.69 Å². The molecule has 1 rings (SSSR count). The van der Waals surface area contributed by atoms with Crippen LogP contribution in [0.15, 0.2) is 12.3 Å². The molecule has 7 heteroatoms. The van der Waals surface area contributed by atoms with Crippen LogP contribution in [-0.2, 0) is 6.18 Å². The third-order valence-electron chi connectivity index (χ3n) is 2.16. The molecule has 1 atom stereocenters. The zero-order chi connectivity index (χ0) is 13.1. The quantitative estimate of drug-likeness (QED) is 0.882. The van der Waals surface area contributed by atoms with Crippen molar-refractivity contribution >= 4 is 5.95 Å². The van der Waals surface area contributed by atoms with Crippen LogP contribution in [0.25, 0.3) is 0 Å². The highest BCUT2D eigenvalue weighted by molar-refractivity contribution is 5.29. The van der Waals surface area contributed by atoms with E-state index in [-0.39, 0.29) is 5.95 Å². The maximum atomic E-state index is 12.4. The molecule has 0 aliphatic heterocycles. The predicted molar refractivity (Wildman–Crippen MR) is 56.6 cm³/mol. The number of aromatic nitrogens is 2. The number of aliphatic hydroxyl groups excluding tert-OH is 1. The Hall–Kier alpha value is -1.37. The van der Waals surface area contributed by atoms with Gasteiger partial charge in [0, 0.05) is 19.8 Å². The molecule has 0 saturated carbocycles. The topological polar surface area (TPSA) is 49.2 Å². The van der Waals surface area contributed by atoms with Crippen LogP contribution in [0.1, 0.15) is 19.0 Å². The first-order chi connectivity index (χ1) is 7.80. The maximum absolute atomic E-state index is 12.4. The summed E-state index contributed by atoms with van der Waals surface area (Å²) in [6.45, 7) is 2.00. The van der Waals surface area contributed by atoms with Gasteiger partial charge in [0.15, 0.2) is 0 Å². The average Bonchev–Trinajstić information content (AvgIpc) is 2.25. The maximum Gasteiger partial charge on any atom is 0.433 e. The second kappa shape index (κ2) is 5.31. The summed E-state index contributed by atoms with van der Waals surface area (Å²) < 4.78 is 37.2. The molecule has 1 aromatic heterocycles. The third kappa shape index (κ3) is 4.18. The van der Waals surface area contributed by atoms with E-state index in [1.54, 1.807) is 14.0 Å². The average molecular weight is 249 g/mol. The molecule has 4 nitrogen and oxygen atoms in total. The Morgan fingerprint density at radius 2 is 2.12 bits per heavy atom. The first-order valence-electron chi connectivity index (χ1n) is 5.10. The van der Waals surface area contributed by atoms with E-state index in [1.165, 1.54) is 4.90 Å². The van der Waals surface area contributed by atoms with Gasteiger partial charge in [-0.1, -0.05) is 0 Å². The largest absolute Gasteiger partial charge is 0.433 e. The SMILES string of the molecule is CC(O)CCN(C)c1nccc(C(F)(F)F)n1. The number of alkyl halides is 3. The molecule has 1 heterocycles. The Kier molecular flexibility index (Phi) is 4.28. The minimum Gasteiger partial charge on any atom is -0.393 e. The molecule has 1 unspecified atom stereocenters. The Morgan fingerprint density at radius 3 is 2.65 bits per heavy atom. The zero-order valence-electron chi connectivity index (χ0n) is 9.57. The Labute approximate surface area is 97.1 Å². The van der Waals surface area contributed by atoms with Crippen LogP contribution in [-0.4, -0.2) is 34.8 Å². The fraction of sp³-hybridized carbons (Fsp3) is 0.600. The van der Waals surface area contributed by atoms with E-state index >= 15 is 0 Å². The summed E-state index contributed by atoms with van der Waals surface area (Å²) in [5.74, 6) is 0.000440. The van der Waals surface area contributed by atoms with Crippen molar-refractivity contribution in [2.75, 3.05) is 18.5 Å². The summed E-state index contributed by atoms with van der Waals surface area (Å²) in [5, 5.41) is 9.08. The summed E-state index contributed by atoms with van der Waals surface area (Å²) in [6.07, 6.45) is -3.47.